The fourth-order valence-corrected chi connectivity index (χ4v) is 4.94. The Bertz CT molecular complexity index is 1330. The first-order valence-electron chi connectivity index (χ1n) is 11.1. The van der Waals surface area contributed by atoms with E-state index >= 15 is 0 Å². The lowest BCUT2D eigenvalue weighted by Crippen LogP contribution is -2.32. The van der Waals surface area contributed by atoms with Gasteiger partial charge in [0.25, 0.3) is 5.91 Å². The molecular weight excluding hydrogens is 458 g/mol. The van der Waals surface area contributed by atoms with E-state index in [1.54, 1.807) is 18.6 Å². The van der Waals surface area contributed by atoms with Gasteiger partial charge >= 0.3 is 0 Å². The molecule has 0 spiro atoms. The largest absolute Gasteiger partial charge is 0.355 e. The number of hydrogen-bond acceptors (Lipinski definition) is 8. The van der Waals surface area contributed by atoms with Crippen LogP contribution in [0.15, 0.2) is 18.5 Å². The van der Waals surface area contributed by atoms with Crippen LogP contribution >= 0.6 is 0 Å². The number of amides is 1. The Morgan fingerprint density at radius 3 is 2.71 bits per heavy atom. The molecule has 0 radical (unpaired) electrons. The van der Waals surface area contributed by atoms with Crippen molar-refractivity contribution in [2.24, 2.45) is 12.8 Å². The second-order valence-corrected chi connectivity index (χ2v) is 10.6. The van der Waals surface area contributed by atoms with Crippen LogP contribution in [0.3, 0.4) is 0 Å². The Hall–Kier alpha value is -3.19. The maximum Gasteiger partial charge on any atom is 0.276 e. The molecule has 0 unspecified atom stereocenters. The summed E-state index contributed by atoms with van der Waals surface area (Å²) in [6, 6.07) is 1.67. The lowest BCUT2D eigenvalue weighted by Gasteiger charge is -2.25. The number of carbonyl (C=O) groups excluding carboxylic acids is 1. The van der Waals surface area contributed by atoms with E-state index in [4.69, 9.17) is 15.8 Å². The molecule has 12 nitrogen and oxygen atoms in total. The zero-order chi connectivity index (χ0) is 24.8. The molecule has 34 heavy (non-hydrogen) atoms. The highest BCUT2D eigenvalue weighted by molar-refractivity contribution is 7.92. The molecule has 1 amide bonds. The topological polar surface area (TPSA) is 144 Å². The number of carbonyl (C=O) groups is 1. The summed E-state index contributed by atoms with van der Waals surface area (Å²) < 4.78 is 29.0. The lowest BCUT2D eigenvalue weighted by molar-refractivity contribution is 0.0717. The predicted molar refractivity (Wildman–Crippen MR) is 129 cm³/mol. The van der Waals surface area contributed by atoms with Crippen LogP contribution in [0.2, 0.25) is 0 Å². The van der Waals surface area contributed by atoms with E-state index in [9.17, 15) is 13.2 Å². The van der Waals surface area contributed by atoms with Gasteiger partial charge in [-0.2, -0.15) is 10.2 Å². The average molecular weight is 490 g/mol. The molecule has 0 aliphatic carbocycles. The Balaban J connectivity index is 1.64. The molecule has 1 aliphatic heterocycles. The maximum atomic E-state index is 13.3. The number of rotatable bonds is 7. The summed E-state index contributed by atoms with van der Waals surface area (Å²) in [7, 11) is -0.280. The third-order valence-corrected chi connectivity index (χ3v) is 6.58. The highest BCUT2D eigenvalue weighted by Gasteiger charge is 2.29. The van der Waals surface area contributed by atoms with Gasteiger partial charge < -0.3 is 15.5 Å². The van der Waals surface area contributed by atoms with Crippen LogP contribution < -0.4 is 15.4 Å². The summed E-state index contributed by atoms with van der Waals surface area (Å²) >= 11 is 0. The molecule has 3 aromatic rings. The standard InChI is InChI=1S/C21H31N9O3S/c1-6-17(28(4)21(31)19-16(12-27(3)25-19)26-34(5,32)33)15-9-18-23-20(13(2)10-30(18)24-15)29-8-7-14(22)11-29/h9-10,12,14,17,26H,6-8,11,22H2,1-5H3/t14-,17-/m0/s1. The number of nitrogens with two attached hydrogens (primary N) is 1. The molecule has 2 atom stereocenters. The fraction of sp³-hybridized carbons (Fsp3) is 0.524. The minimum Gasteiger partial charge on any atom is -0.355 e. The summed E-state index contributed by atoms with van der Waals surface area (Å²) in [5.74, 6) is 0.487. The SMILES string of the molecule is CC[C@@H](c1cc2nc(N3CC[C@H](N)C3)c(C)cn2n1)N(C)C(=O)c1nn(C)cc1NS(C)(=O)=O. The molecule has 1 aliphatic rings. The van der Waals surface area contributed by atoms with E-state index in [0.29, 0.717) is 17.8 Å². The highest BCUT2D eigenvalue weighted by atomic mass is 32.2. The Labute approximate surface area is 198 Å². The minimum absolute atomic E-state index is 0.0271. The fourth-order valence-electron chi connectivity index (χ4n) is 4.39. The molecule has 1 fully saturated rings. The van der Waals surface area contributed by atoms with E-state index < -0.39 is 15.9 Å². The normalized spacial score (nSPS) is 17.4. The average Bonchev–Trinajstić information content (AvgIpc) is 3.44. The maximum absolute atomic E-state index is 13.3. The van der Waals surface area contributed by atoms with E-state index in [0.717, 1.165) is 37.1 Å². The Morgan fingerprint density at radius 2 is 2.09 bits per heavy atom. The van der Waals surface area contributed by atoms with Crippen molar-refractivity contribution in [3.63, 3.8) is 0 Å². The van der Waals surface area contributed by atoms with Gasteiger partial charge in [0.2, 0.25) is 10.0 Å². The van der Waals surface area contributed by atoms with E-state index in [-0.39, 0.29) is 23.5 Å². The van der Waals surface area contributed by atoms with Crippen molar-refractivity contribution < 1.29 is 13.2 Å². The summed E-state index contributed by atoms with van der Waals surface area (Å²) in [5, 5.41) is 8.88. The third kappa shape index (κ3) is 4.71. The molecule has 13 heteroatoms. The molecule has 1 saturated heterocycles. The monoisotopic (exact) mass is 489 g/mol. The van der Waals surface area contributed by atoms with Crippen LogP contribution in [0.4, 0.5) is 11.5 Å². The van der Waals surface area contributed by atoms with Crippen LogP contribution in [0, 0.1) is 6.92 Å². The molecule has 4 heterocycles. The number of nitrogens with one attached hydrogen (secondary N) is 1. The van der Waals surface area contributed by atoms with Gasteiger partial charge in [0.15, 0.2) is 11.3 Å². The zero-order valence-electron chi connectivity index (χ0n) is 20.1. The van der Waals surface area contributed by atoms with Gasteiger partial charge in [-0.1, -0.05) is 6.92 Å². The predicted octanol–water partition coefficient (Wildman–Crippen LogP) is 0.903. The van der Waals surface area contributed by atoms with Crippen molar-refractivity contribution in [3.8, 4) is 0 Å². The first kappa shape index (κ1) is 24.0. The molecular formula is C21H31N9O3S. The van der Waals surface area contributed by atoms with Crippen molar-refractivity contribution in [2.45, 2.75) is 38.8 Å². The molecule has 0 aromatic carbocycles. The molecule has 0 saturated carbocycles. The summed E-state index contributed by atoms with van der Waals surface area (Å²) in [5.41, 5.74) is 8.61. The number of anilines is 2. The van der Waals surface area contributed by atoms with Crippen molar-refractivity contribution in [1.82, 2.24) is 29.3 Å². The van der Waals surface area contributed by atoms with Gasteiger partial charge in [-0.25, -0.2) is 17.9 Å². The molecule has 3 aromatic heterocycles. The number of fused-ring (bicyclic) bond motifs is 1. The van der Waals surface area contributed by atoms with Crippen molar-refractivity contribution in [1.29, 1.82) is 0 Å². The van der Waals surface area contributed by atoms with Crippen LogP contribution in [-0.4, -0.2) is 76.0 Å². The summed E-state index contributed by atoms with van der Waals surface area (Å²) in [6.45, 7) is 5.60. The first-order valence-corrected chi connectivity index (χ1v) is 13.0. The Kier molecular flexibility index (Phi) is 6.25. The molecule has 184 valence electrons. The number of nitrogens with zero attached hydrogens (tertiary/aromatic N) is 7. The molecule has 3 N–H and O–H groups in total. The quantitative estimate of drug-likeness (QED) is 0.498. The van der Waals surface area contributed by atoms with Crippen LogP contribution in [0.1, 0.15) is 47.6 Å². The van der Waals surface area contributed by atoms with Gasteiger partial charge in [-0.3, -0.25) is 14.2 Å². The van der Waals surface area contributed by atoms with Crippen molar-refractivity contribution >= 4 is 33.1 Å². The molecule has 0 bridgehead atoms. The number of sulfonamides is 1. The van der Waals surface area contributed by atoms with Crippen LogP contribution in [0.5, 0.6) is 0 Å². The van der Waals surface area contributed by atoms with Gasteiger partial charge in [-0.15, -0.1) is 0 Å². The van der Waals surface area contributed by atoms with E-state index in [1.807, 2.05) is 26.1 Å². The van der Waals surface area contributed by atoms with Crippen LogP contribution in [0.25, 0.3) is 5.65 Å². The van der Waals surface area contributed by atoms with Crippen LogP contribution in [-0.2, 0) is 17.1 Å². The van der Waals surface area contributed by atoms with Crippen molar-refractivity contribution in [2.75, 3.05) is 36.0 Å². The van der Waals surface area contributed by atoms with Gasteiger partial charge in [0.1, 0.15) is 5.82 Å². The number of hydrogen-bond donors (Lipinski definition) is 2. The number of aryl methyl sites for hydroxylation is 2. The summed E-state index contributed by atoms with van der Waals surface area (Å²) in [4.78, 5) is 21.9. The highest BCUT2D eigenvalue weighted by Crippen LogP contribution is 2.28. The molecule has 4 rings (SSSR count). The van der Waals surface area contributed by atoms with Gasteiger partial charge in [0, 0.05) is 57.3 Å². The minimum atomic E-state index is -3.57. The third-order valence-electron chi connectivity index (χ3n) is 5.99. The second kappa shape index (κ2) is 8.87. The zero-order valence-corrected chi connectivity index (χ0v) is 20.9. The Morgan fingerprint density at radius 1 is 1.35 bits per heavy atom. The van der Waals surface area contributed by atoms with Gasteiger partial charge in [-0.05, 0) is 19.8 Å². The second-order valence-electron chi connectivity index (χ2n) is 8.89. The number of aromatic nitrogens is 5. The summed E-state index contributed by atoms with van der Waals surface area (Å²) in [6.07, 6.45) is 5.97. The van der Waals surface area contributed by atoms with Gasteiger partial charge in [0.05, 0.1) is 23.7 Å². The first-order chi connectivity index (χ1) is 16.0. The lowest BCUT2D eigenvalue weighted by atomic mass is 10.1. The van der Waals surface area contributed by atoms with Crippen molar-refractivity contribution in [3.05, 3.63) is 35.4 Å². The van der Waals surface area contributed by atoms with E-state index in [2.05, 4.69) is 14.7 Å². The smallest absolute Gasteiger partial charge is 0.276 e. The van der Waals surface area contributed by atoms with E-state index in [1.165, 1.54) is 15.8 Å².